The van der Waals surface area contributed by atoms with E-state index >= 15 is 0 Å². The first-order valence-corrected chi connectivity index (χ1v) is 8.50. The van der Waals surface area contributed by atoms with Crippen molar-refractivity contribution in [3.8, 4) is 11.5 Å². The highest BCUT2D eigenvalue weighted by atomic mass is 16.7. The van der Waals surface area contributed by atoms with Crippen molar-refractivity contribution in [1.82, 2.24) is 20.4 Å². The number of hydrogen-bond acceptors (Lipinski definition) is 5. The van der Waals surface area contributed by atoms with Gasteiger partial charge in [0.05, 0.1) is 0 Å². The molecule has 0 unspecified atom stereocenters. The van der Waals surface area contributed by atoms with E-state index in [1.54, 1.807) is 6.92 Å². The van der Waals surface area contributed by atoms with Crippen LogP contribution in [0.2, 0.25) is 0 Å². The lowest BCUT2D eigenvalue weighted by Gasteiger charge is -2.34. The molecule has 0 saturated carbocycles. The molecule has 1 aromatic carbocycles. The van der Waals surface area contributed by atoms with Crippen LogP contribution < -0.4 is 20.1 Å². The van der Waals surface area contributed by atoms with E-state index < -0.39 is 0 Å². The second-order valence-corrected chi connectivity index (χ2v) is 6.14. The van der Waals surface area contributed by atoms with E-state index in [9.17, 15) is 9.59 Å². The third kappa shape index (κ3) is 4.76. The topological polar surface area (TPSA) is 83.1 Å². The highest BCUT2D eigenvalue weighted by Gasteiger charge is 2.18. The van der Waals surface area contributed by atoms with Crippen LogP contribution in [0.5, 0.6) is 11.5 Å². The van der Waals surface area contributed by atoms with Gasteiger partial charge in [-0.1, -0.05) is 6.07 Å². The molecule has 1 fully saturated rings. The summed E-state index contributed by atoms with van der Waals surface area (Å²) in [7, 11) is 0. The average Bonchev–Trinajstić information content (AvgIpc) is 3.08. The normalized spacial score (nSPS) is 16.6. The summed E-state index contributed by atoms with van der Waals surface area (Å²) in [5.41, 5.74) is 0.958. The number of piperazine rings is 1. The Morgan fingerprint density at radius 3 is 2.60 bits per heavy atom. The maximum atomic E-state index is 11.9. The third-order valence-electron chi connectivity index (χ3n) is 4.42. The van der Waals surface area contributed by atoms with Crippen LogP contribution in [-0.4, -0.2) is 67.8 Å². The highest BCUT2D eigenvalue weighted by molar-refractivity contribution is 5.74. The smallest absolute Gasteiger partial charge is 0.315 e. The second-order valence-electron chi connectivity index (χ2n) is 6.14. The summed E-state index contributed by atoms with van der Waals surface area (Å²) in [5.74, 6) is 1.57. The standard InChI is InChI=1S/C17H24N4O4/c1-13(22)21-8-6-20(7-9-21)5-4-18-17(23)19-11-14-2-3-15-16(10-14)25-12-24-15/h2-3,10H,4-9,11-12H2,1H3,(H2,18,19,23). The van der Waals surface area contributed by atoms with E-state index in [-0.39, 0.29) is 18.7 Å². The number of urea groups is 1. The molecule has 3 amide bonds. The molecule has 0 atom stereocenters. The van der Waals surface area contributed by atoms with Gasteiger partial charge in [-0.2, -0.15) is 0 Å². The molecule has 8 heteroatoms. The van der Waals surface area contributed by atoms with Gasteiger partial charge < -0.3 is 25.0 Å². The molecule has 8 nitrogen and oxygen atoms in total. The predicted octanol–water partition coefficient (Wildman–Crippen LogP) is 0.379. The zero-order valence-corrected chi connectivity index (χ0v) is 14.4. The summed E-state index contributed by atoms with van der Waals surface area (Å²) in [4.78, 5) is 27.3. The highest BCUT2D eigenvalue weighted by Crippen LogP contribution is 2.32. The SMILES string of the molecule is CC(=O)N1CCN(CCNC(=O)NCc2ccc3c(c2)OCO3)CC1. The van der Waals surface area contributed by atoms with E-state index in [0.717, 1.165) is 44.0 Å². The van der Waals surface area contributed by atoms with Gasteiger partial charge in [0.15, 0.2) is 11.5 Å². The van der Waals surface area contributed by atoms with E-state index in [0.29, 0.717) is 18.8 Å². The molecule has 0 spiro atoms. The molecular weight excluding hydrogens is 324 g/mol. The zero-order chi connectivity index (χ0) is 17.6. The van der Waals surface area contributed by atoms with E-state index in [1.165, 1.54) is 0 Å². The Kier molecular flexibility index (Phi) is 5.60. The number of amides is 3. The van der Waals surface area contributed by atoms with Crippen molar-refractivity contribution in [2.45, 2.75) is 13.5 Å². The number of carbonyl (C=O) groups excluding carboxylic acids is 2. The van der Waals surface area contributed by atoms with Crippen LogP contribution in [0, 0.1) is 0 Å². The van der Waals surface area contributed by atoms with Crippen molar-refractivity contribution >= 4 is 11.9 Å². The first kappa shape index (κ1) is 17.3. The van der Waals surface area contributed by atoms with Gasteiger partial charge in [-0.25, -0.2) is 4.79 Å². The predicted molar refractivity (Wildman–Crippen MR) is 91.5 cm³/mol. The summed E-state index contributed by atoms with van der Waals surface area (Å²) in [6, 6.07) is 5.43. The Morgan fingerprint density at radius 1 is 1.08 bits per heavy atom. The maximum absolute atomic E-state index is 11.9. The lowest BCUT2D eigenvalue weighted by molar-refractivity contribution is -0.130. The fraction of sp³-hybridized carbons (Fsp3) is 0.529. The van der Waals surface area contributed by atoms with Crippen LogP contribution in [-0.2, 0) is 11.3 Å². The fourth-order valence-electron chi connectivity index (χ4n) is 2.91. The van der Waals surface area contributed by atoms with Crippen molar-refractivity contribution < 1.29 is 19.1 Å². The number of carbonyl (C=O) groups is 2. The Labute approximate surface area is 147 Å². The number of benzene rings is 1. The van der Waals surface area contributed by atoms with Gasteiger partial charge in [0.2, 0.25) is 12.7 Å². The average molecular weight is 348 g/mol. The minimum Gasteiger partial charge on any atom is -0.454 e. The van der Waals surface area contributed by atoms with Crippen molar-refractivity contribution in [2.75, 3.05) is 46.1 Å². The summed E-state index contributed by atoms with van der Waals surface area (Å²) >= 11 is 0. The van der Waals surface area contributed by atoms with Gasteiger partial charge in [0, 0.05) is 52.7 Å². The van der Waals surface area contributed by atoms with E-state index in [1.807, 2.05) is 23.1 Å². The molecule has 2 aliphatic rings. The van der Waals surface area contributed by atoms with Gasteiger partial charge in [0.1, 0.15) is 0 Å². The lowest BCUT2D eigenvalue weighted by atomic mass is 10.2. The van der Waals surface area contributed by atoms with E-state index in [4.69, 9.17) is 9.47 Å². The van der Waals surface area contributed by atoms with Crippen molar-refractivity contribution in [3.05, 3.63) is 23.8 Å². The molecule has 136 valence electrons. The monoisotopic (exact) mass is 348 g/mol. The zero-order valence-electron chi connectivity index (χ0n) is 14.4. The molecule has 0 aromatic heterocycles. The summed E-state index contributed by atoms with van der Waals surface area (Å²) in [6.07, 6.45) is 0. The molecular formula is C17H24N4O4. The maximum Gasteiger partial charge on any atom is 0.315 e. The second kappa shape index (κ2) is 8.06. The van der Waals surface area contributed by atoms with Gasteiger partial charge in [-0.3, -0.25) is 9.69 Å². The first-order valence-electron chi connectivity index (χ1n) is 8.50. The Bertz CT molecular complexity index is 629. The minimum atomic E-state index is -0.194. The Hall–Kier alpha value is -2.48. The lowest BCUT2D eigenvalue weighted by Crippen LogP contribution is -2.50. The number of ether oxygens (including phenoxy) is 2. The fourth-order valence-corrected chi connectivity index (χ4v) is 2.91. The number of fused-ring (bicyclic) bond motifs is 1. The van der Waals surface area contributed by atoms with Crippen LogP contribution in [0.3, 0.4) is 0 Å². The van der Waals surface area contributed by atoms with Crippen LogP contribution in [0.15, 0.2) is 18.2 Å². The molecule has 2 N–H and O–H groups in total. The van der Waals surface area contributed by atoms with Crippen LogP contribution in [0.4, 0.5) is 4.79 Å². The third-order valence-corrected chi connectivity index (χ3v) is 4.42. The molecule has 0 bridgehead atoms. The molecule has 25 heavy (non-hydrogen) atoms. The van der Waals surface area contributed by atoms with Crippen molar-refractivity contribution in [3.63, 3.8) is 0 Å². The van der Waals surface area contributed by atoms with Crippen molar-refractivity contribution in [2.24, 2.45) is 0 Å². The molecule has 1 aromatic rings. The summed E-state index contributed by atoms with van der Waals surface area (Å²) < 4.78 is 10.6. The first-order chi connectivity index (χ1) is 12.1. The van der Waals surface area contributed by atoms with Gasteiger partial charge in [-0.05, 0) is 17.7 Å². The summed E-state index contributed by atoms with van der Waals surface area (Å²) in [6.45, 7) is 6.84. The Morgan fingerprint density at radius 2 is 1.84 bits per heavy atom. The molecule has 0 radical (unpaired) electrons. The number of rotatable bonds is 5. The van der Waals surface area contributed by atoms with Crippen LogP contribution in [0.1, 0.15) is 12.5 Å². The van der Waals surface area contributed by atoms with Gasteiger partial charge in [0.25, 0.3) is 0 Å². The van der Waals surface area contributed by atoms with Crippen LogP contribution >= 0.6 is 0 Å². The molecule has 2 heterocycles. The number of nitrogens with zero attached hydrogens (tertiary/aromatic N) is 2. The number of nitrogens with one attached hydrogen (secondary N) is 2. The molecule has 2 aliphatic heterocycles. The molecule has 0 aliphatic carbocycles. The van der Waals surface area contributed by atoms with Gasteiger partial charge in [-0.15, -0.1) is 0 Å². The van der Waals surface area contributed by atoms with Gasteiger partial charge >= 0.3 is 6.03 Å². The number of hydrogen-bond donors (Lipinski definition) is 2. The van der Waals surface area contributed by atoms with Crippen LogP contribution in [0.25, 0.3) is 0 Å². The van der Waals surface area contributed by atoms with E-state index in [2.05, 4.69) is 15.5 Å². The minimum absolute atomic E-state index is 0.126. The quantitative estimate of drug-likeness (QED) is 0.804. The largest absolute Gasteiger partial charge is 0.454 e. The van der Waals surface area contributed by atoms with Crippen molar-refractivity contribution in [1.29, 1.82) is 0 Å². The Balaban J connectivity index is 1.31. The molecule has 3 rings (SSSR count). The molecule has 1 saturated heterocycles. The summed E-state index contributed by atoms with van der Waals surface area (Å²) in [5, 5.41) is 5.69.